The number of anilines is 1. The van der Waals surface area contributed by atoms with Crippen LogP contribution in [0.5, 0.6) is 0 Å². The number of carbonyl (C=O) groups is 1. The number of nitro groups is 1. The Kier molecular flexibility index (Phi) is 5.93. The van der Waals surface area contributed by atoms with Gasteiger partial charge in [0, 0.05) is 23.2 Å². The molecule has 0 saturated heterocycles. The first-order valence-electron chi connectivity index (χ1n) is 12.1. The summed E-state index contributed by atoms with van der Waals surface area (Å²) in [4.78, 5) is 25.2. The molecule has 190 valence electrons. The molecule has 1 amide bonds. The molecular formula is C30H21N5O4. The molecule has 6 rings (SSSR count). The number of benzene rings is 4. The van der Waals surface area contributed by atoms with E-state index in [2.05, 4.69) is 15.5 Å². The molecule has 0 bridgehead atoms. The smallest absolute Gasteiger partial charge is 0.280 e. The maximum Gasteiger partial charge on any atom is 0.280 e. The zero-order valence-corrected chi connectivity index (χ0v) is 20.7. The Morgan fingerprint density at radius 3 is 2.54 bits per heavy atom. The summed E-state index contributed by atoms with van der Waals surface area (Å²) >= 11 is 0. The van der Waals surface area contributed by atoms with E-state index in [9.17, 15) is 14.9 Å². The summed E-state index contributed by atoms with van der Waals surface area (Å²) in [6, 6.07) is 27.3. The van der Waals surface area contributed by atoms with Gasteiger partial charge in [-0.05, 0) is 60.3 Å². The van der Waals surface area contributed by atoms with Gasteiger partial charge in [0.15, 0.2) is 0 Å². The largest absolute Gasteiger partial charge is 0.456 e. The third-order valence-electron chi connectivity index (χ3n) is 6.36. The molecule has 0 aliphatic carbocycles. The number of para-hydroxylation sites is 1. The van der Waals surface area contributed by atoms with Gasteiger partial charge in [0.25, 0.3) is 5.69 Å². The summed E-state index contributed by atoms with van der Waals surface area (Å²) < 4.78 is 5.73. The summed E-state index contributed by atoms with van der Waals surface area (Å²) in [6.07, 6.45) is 2.86. The number of aromatic nitrogens is 3. The van der Waals surface area contributed by atoms with Crippen molar-refractivity contribution in [1.82, 2.24) is 15.0 Å². The molecule has 9 nitrogen and oxygen atoms in total. The lowest BCUT2D eigenvalue weighted by Crippen LogP contribution is -2.08. The van der Waals surface area contributed by atoms with Gasteiger partial charge in [-0.15, -0.1) is 15.0 Å². The van der Waals surface area contributed by atoms with Crippen molar-refractivity contribution in [2.45, 2.75) is 6.92 Å². The fraction of sp³-hybridized carbons (Fsp3) is 0.0333. The average molecular weight is 516 g/mol. The number of hydrogen-bond acceptors (Lipinski definition) is 6. The highest BCUT2D eigenvalue weighted by atomic mass is 16.6. The van der Waals surface area contributed by atoms with Crippen molar-refractivity contribution in [2.75, 3.05) is 5.32 Å². The summed E-state index contributed by atoms with van der Waals surface area (Å²) in [5.74, 6) is 0.379. The fourth-order valence-electron chi connectivity index (χ4n) is 4.45. The van der Waals surface area contributed by atoms with Gasteiger partial charge in [0.1, 0.15) is 22.6 Å². The fourth-order valence-corrected chi connectivity index (χ4v) is 4.45. The lowest BCUT2D eigenvalue weighted by atomic mass is 10.1. The Bertz CT molecular complexity index is 1910. The molecule has 9 heteroatoms. The minimum atomic E-state index is -0.458. The Balaban J connectivity index is 1.22. The number of fused-ring (bicyclic) bond motifs is 2. The van der Waals surface area contributed by atoms with Crippen molar-refractivity contribution < 1.29 is 14.1 Å². The number of nitrogens with zero attached hydrogens (tertiary/aromatic N) is 4. The molecule has 4 aromatic carbocycles. The molecular weight excluding hydrogens is 494 g/mol. The molecule has 0 aliphatic rings. The highest BCUT2D eigenvalue weighted by Crippen LogP contribution is 2.31. The van der Waals surface area contributed by atoms with Gasteiger partial charge in [-0.3, -0.25) is 14.9 Å². The second-order valence-corrected chi connectivity index (χ2v) is 8.94. The zero-order valence-electron chi connectivity index (χ0n) is 20.7. The lowest BCUT2D eigenvalue weighted by Gasteiger charge is -2.05. The molecule has 2 aromatic heterocycles. The third-order valence-corrected chi connectivity index (χ3v) is 6.36. The third kappa shape index (κ3) is 4.64. The summed E-state index contributed by atoms with van der Waals surface area (Å²) in [6.45, 7) is 1.89. The lowest BCUT2D eigenvalue weighted by molar-refractivity contribution is -0.384. The molecule has 0 fully saturated rings. The first kappa shape index (κ1) is 23.8. The van der Waals surface area contributed by atoms with Crippen LogP contribution in [0.1, 0.15) is 11.3 Å². The van der Waals surface area contributed by atoms with E-state index >= 15 is 0 Å². The molecule has 2 heterocycles. The van der Waals surface area contributed by atoms with Crippen molar-refractivity contribution >= 4 is 45.2 Å². The number of nitro benzene ring substituents is 1. The van der Waals surface area contributed by atoms with Crippen LogP contribution < -0.4 is 5.32 Å². The van der Waals surface area contributed by atoms with Gasteiger partial charge in [0.05, 0.1) is 16.2 Å². The summed E-state index contributed by atoms with van der Waals surface area (Å²) in [7, 11) is 0. The van der Waals surface area contributed by atoms with E-state index in [1.807, 2.05) is 55.5 Å². The van der Waals surface area contributed by atoms with Crippen LogP contribution in [0.3, 0.4) is 0 Å². The SMILES string of the molecule is Cc1cc2nn(-c3cccc4ccccc34)nc2cc1NC(=O)/C=C/c1ccc(-c2ccccc2[N+](=O)[O-])o1. The number of amides is 1. The van der Waals surface area contributed by atoms with Crippen LogP contribution in [0.25, 0.3) is 44.9 Å². The number of furan rings is 1. The first-order valence-corrected chi connectivity index (χ1v) is 12.1. The molecule has 6 aromatic rings. The van der Waals surface area contributed by atoms with Gasteiger partial charge in [-0.2, -0.15) is 0 Å². The molecule has 0 radical (unpaired) electrons. The predicted octanol–water partition coefficient (Wildman–Crippen LogP) is 6.70. The van der Waals surface area contributed by atoms with E-state index in [-0.39, 0.29) is 11.6 Å². The minimum Gasteiger partial charge on any atom is -0.456 e. The standard InChI is InChI=1S/C30H21N5O4/c1-19-17-25-26(33-34(32-25)27-12-6-8-20-7-2-3-9-22(20)27)18-24(19)31-30(36)16-14-21-13-15-29(39-21)23-10-4-5-11-28(23)35(37)38/h2-18H,1H3,(H,31,36)/b16-14+. The Morgan fingerprint density at radius 1 is 0.949 bits per heavy atom. The summed E-state index contributed by atoms with van der Waals surface area (Å²) in [5.41, 5.74) is 4.00. The normalized spacial score (nSPS) is 11.4. The Hall–Kier alpha value is -5.57. The number of rotatable bonds is 6. The highest BCUT2D eigenvalue weighted by Gasteiger charge is 2.17. The van der Waals surface area contributed by atoms with Gasteiger partial charge in [0.2, 0.25) is 5.91 Å². The van der Waals surface area contributed by atoms with E-state index in [1.165, 1.54) is 18.2 Å². The number of nitrogens with one attached hydrogen (secondary N) is 1. The van der Waals surface area contributed by atoms with E-state index in [0.29, 0.717) is 33.8 Å². The van der Waals surface area contributed by atoms with Crippen molar-refractivity contribution in [1.29, 1.82) is 0 Å². The molecule has 0 spiro atoms. The minimum absolute atomic E-state index is 0.0524. The molecule has 0 saturated carbocycles. The van der Waals surface area contributed by atoms with E-state index in [0.717, 1.165) is 22.0 Å². The van der Waals surface area contributed by atoms with Gasteiger partial charge >= 0.3 is 0 Å². The van der Waals surface area contributed by atoms with Crippen LogP contribution in [-0.4, -0.2) is 25.8 Å². The van der Waals surface area contributed by atoms with E-state index in [1.54, 1.807) is 41.2 Å². The topological polar surface area (TPSA) is 116 Å². The molecule has 0 atom stereocenters. The first-order chi connectivity index (χ1) is 19.0. The van der Waals surface area contributed by atoms with Gasteiger partial charge < -0.3 is 9.73 Å². The van der Waals surface area contributed by atoms with Crippen LogP contribution in [0.15, 0.2) is 101 Å². The zero-order chi connectivity index (χ0) is 26.9. The highest BCUT2D eigenvalue weighted by molar-refractivity contribution is 6.03. The second-order valence-electron chi connectivity index (χ2n) is 8.94. The van der Waals surface area contributed by atoms with Crippen LogP contribution in [0, 0.1) is 17.0 Å². The van der Waals surface area contributed by atoms with Crippen molar-refractivity contribution in [3.8, 4) is 17.0 Å². The van der Waals surface area contributed by atoms with E-state index < -0.39 is 4.92 Å². The Morgan fingerprint density at radius 2 is 1.69 bits per heavy atom. The molecule has 1 N–H and O–H groups in total. The van der Waals surface area contributed by atoms with Crippen LogP contribution in [0.2, 0.25) is 0 Å². The predicted molar refractivity (Wildman–Crippen MR) is 150 cm³/mol. The number of hydrogen-bond donors (Lipinski definition) is 1. The number of carbonyl (C=O) groups excluding carboxylic acids is 1. The van der Waals surface area contributed by atoms with Crippen molar-refractivity contribution in [3.63, 3.8) is 0 Å². The van der Waals surface area contributed by atoms with Crippen LogP contribution in [0.4, 0.5) is 11.4 Å². The van der Waals surface area contributed by atoms with Gasteiger partial charge in [-0.1, -0.05) is 48.5 Å². The molecule has 39 heavy (non-hydrogen) atoms. The van der Waals surface area contributed by atoms with E-state index in [4.69, 9.17) is 4.42 Å². The van der Waals surface area contributed by atoms with Crippen molar-refractivity contribution in [3.05, 3.63) is 119 Å². The van der Waals surface area contributed by atoms with Crippen molar-refractivity contribution in [2.24, 2.45) is 0 Å². The maximum atomic E-state index is 12.7. The summed E-state index contributed by atoms with van der Waals surface area (Å²) in [5, 5.41) is 25.6. The second kappa shape index (κ2) is 9.71. The Labute approximate surface area is 222 Å². The van der Waals surface area contributed by atoms with Crippen LogP contribution in [-0.2, 0) is 4.79 Å². The maximum absolute atomic E-state index is 12.7. The molecule has 0 aliphatic heterocycles. The average Bonchev–Trinajstić information content (AvgIpc) is 3.59. The number of aryl methyl sites for hydroxylation is 1. The monoisotopic (exact) mass is 515 g/mol. The van der Waals surface area contributed by atoms with Crippen LogP contribution >= 0.6 is 0 Å². The van der Waals surface area contributed by atoms with Gasteiger partial charge in [-0.25, -0.2) is 0 Å². The quantitative estimate of drug-likeness (QED) is 0.150. The molecule has 0 unspecified atom stereocenters.